The summed E-state index contributed by atoms with van der Waals surface area (Å²) >= 11 is 0. The van der Waals surface area contributed by atoms with Crippen LogP contribution in [0.15, 0.2) is 78.9 Å². The van der Waals surface area contributed by atoms with E-state index >= 15 is 0 Å². The van der Waals surface area contributed by atoms with Crippen molar-refractivity contribution >= 4 is 23.2 Å². The molecule has 0 aromatic heterocycles. The van der Waals surface area contributed by atoms with E-state index < -0.39 is 0 Å². The summed E-state index contributed by atoms with van der Waals surface area (Å²) in [5.74, 6) is 1.83. The van der Waals surface area contributed by atoms with E-state index in [2.05, 4.69) is 10.6 Å². The quantitative estimate of drug-likeness (QED) is 0.565. The van der Waals surface area contributed by atoms with Crippen LogP contribution < -0.4 is 20.1 Å². The van der Waals surface area contributed by atoms with E-state index in [0.717, 1.165) is 18.6 Å². The van der Waals surface area contributed by atoms with Gasteiger partial charge in [-0.05, 0) is 61.4 Å². The normalized spacial score (nSPS) is 12.7. The van der Waals surface area contributed by atoms with Crippen molar-refractivity contribution in [2.75, 3.05) is 17.2 Å². The molecular weight excluding hydrogens is 380 g/mol. The van der Waals surface area contributed by atoms with E-state index in [1.54, 1.807) is 48.5 Å². The predicted molar refractivity (Wildman–Crippen MR) is 115 cm³/mol. The standard InChI is InChI=1S/C24H22N2O4/c27-23(16-29-22-8-4-5-19(15-22)26-24(28)17-9-10-17)25-18-11-13-21(14-12-18)30-20-6-2-1-3-7-20/h1-8,11-15,17H,9-10,16H2,(H,25,27)(H,26,28). The fraction of sp³-hybridized carbons (Fsp3) is 0.167. The van der Waals surface area contributed by atoms with Gasteiger partial charge in [0.15, 0.2) is 6.61 Å². The van der Waals surface area contributed by atoms with Crippen LogP contribution in [-0.4, -0.2) is 18.4 Å². The number of benzene rings is 3. The van der Waals surface area contributed by atoms with Crippen LogP contribution >= 0.6 is 0 Å². The molecule has 0 aliphatic heterocycles. The summed E-state index contributed by atoms with van der Waals surface area (Å²) in [6.07, 6.45) is 1.89. The number of rotatable bonds is 8. The molecule has 3 aromatic rings. The fourth-order valence-electron chi connectivity index (χ4n) is 2.83. The molecule has 4 rings (SSSR count). The minimum Gasteiger partial charge on any atom is -0.484 e. The van der Waals surface area contributed by atoms with E-state index in [0.29, 0.717) is 22.9 Å². The van der Waals surface area contributed by atoms with Gasteiger partial charge in [-0.2, -0.15) is 0 Å². The molecule has 1 saturated carbocycles. The lowest BCUT2D eigenvalue weighted by Gasteiger charge is -2.10. The lowest BCUT2D eigenvalue weighted by atomic mass is 10.3. The number of amides is 2. The molecule has 0 heterocycles. The molecule has 1 fully saturated rings. The monoisotopic (exact) mass is 402 g/mol. The van der Waals surface area contributed by atoms with Crippen LogP contribution in [0.2, 0.25) is 0 Å². The van der Waals surface area contributed by atoms with Crippen molar-refractivity contribution in [3.8, 4) is 17.2 Å². The maximum absolute atomic E-state index is 12.2. The van der Waals surface area contributed by atoms with E-state index in [1.807, 2.05) is 30.3 Å². The van der Waals surface area contributed by atoms with Crippen LogP contribution in [0, 0.1) is 5.92 Å². The molecular formula is C24H22N2O4. The predicted octanol–water partition coefficient (Wildman–Crippen LogP) is 4.84. The number of nitrogens with one attached hydrogen (secondary N) is 2. The average Bonchev–Trinajstić information content (AvgIpc) is 3.60. The molecule has 0 saturated heterocycles. The Morgan fingerprint density at radius 1 is 0.767 bits per heavy atom. The number of para-hydroxylation sites is 1. The summed E-state index contributed by atoms with van der Waals surface area (Å²) in [5.41, 5.74) is 1.31. The van der Waals surface area contributed by atoms with E-state index in [1.165, 1.54) is 0 Å². The average molecular weight is 402 g/mol. The molecule has 6 nitrogen and oxygen atoms in total. The molecule has 0 atom stereocenters. The smallest absolute Gasteiger partial charge is 0.262 e. The van der Waals surface area contributed by atoms with Crippen molar-refractivity contribution in [1.82, 2.24) is 0 Å². The second-order valence-electron chi connectivity index (χ2n) is 7.07. The summed E-state index contributed by atoms with van der Waals surface area (Å²) in [5, 5.41) is 5.65. The number of ether oxygens (including phenoxy) is 2. The van der Waals surface area contributed by atoms with Gasteiger partial charge in [0, 0.05) is 23.4 Å². The third-order valence-electron chi connectivity index (χ3n) is 4.54. The molecule has 0 unspecified atom stereocenters. The summed E-state index contributed by atoms with van der Waals surface area (Å²) in [6.45, 7) is -0.137. The zero-order chi connectivity index (χ0) is 20.8. The van der Waals surface area contributed by atoms with Gasteiger partial charge in [-0.1, -0.05) is 24.3 Å². The van der Waals surface area contributed by atoms with Gasteiger partial charge >= 0.3 is 0 Å². The molecule has 3 aromatic carbocycles. The maximum Gasteiger partial charge on any atom is 0.262 e. The van der Waals surface area contributed by atoms with Gasteiger partial charge in [-0.25, -0.2) is 0 Å². The SMILES string of the molecule is O=C(COc1cccc(NC(=O)C2CC2)c1)Nc1ccc(Oc2ccccc2)cc1. The van der Waals surface area contributed by atoms with Gasteiger partial charge in [-0.3, -0.25) is 9.59 Å². The lowest BCUT2D eigenvalue weighted by molar-refractivity contribution is -0.118. The topological polar surface area (TPSA) is 76.7 Å². The Morgan fingerprint density at radius 2 is 1.47 bits per heavy atom. The minimum absolute atomic E-state index is 0.0320. The van der Waals surface area contributed by atoms with Crippen molar-refractivity contribution < 1.29 is 19.1 Å². The molecule has 1 aliphatic carbocycles. The van der Waals surface area contributed by atoms with E-state index in [9.17, 15) is 9.59 Å². The Hall–Kier alpha value is -3.80. The maximum atomic E-state index is 12.2. The zero-order valence-electron chi connectivity index (χ0n) is 16.3. The van der Waals surface area contributed by atoms with Crippen molar-refractivity contribution in [2.45, 2.75) is 12.8 Å². The highest BCUT2D eigenvalue weighted by atomic mass is 16.5. The molecule has 0 bridgehead atoms. The Bertz CT molecular complexity index is 1010. The van der Waals surface area contributed by atoms with E-state index in [-0.39, 0.29) is 24.3 Å². The van der Waals surface area contributed by atoms with Crippen LogP contribution in [0.5, 0.6) is 17.2 Å². The van der Waals surface area contributed by atoms with Gasteiger partial charge in [0.05, 0.1) is 0 Å². The molecule has 0 radical (unpaired) electrons. The first-order chi connectivity index (χ1) is 14.7. The summed E-state index contributed by atoms with van der Waals surface area (Å²) in [4.78, 5) is 24.0. The second-order valence-corrected chi connectivity index (χ2v) is 7.07. The first kappa shape index (κ1) is 19.5. The Kier molecular flexibility index (Phi) is 5.94. The lowest BCUT2D eigenvalue weighted by Crippen LogP contribution is -2.20. The zero-order valence-corrected chi connectivity index (χ0v) is 16.3. The highest BCUT2D eigenvalue weighted by molar-refractivity contribution is 5.94. The highest BCUT2D eigenvalue weighted by Crippen LogP contribution is 2.30. The number of hydrogen-bond acceptors (Lipinski definition) is 4. The first-order valence-electron chi connectivity index (χ1n) is 9.82. The van der Waals surface area contributed by atoms with Crippen LogP contribution in [0.25, 0.3) is 0 Å². The number of anilines is 2. The Balaban J connectivity index is 1.26. The van der Waals surface area contributed by atoms with Crippen LogP contribution in [0.4, 0.5) is 11.4 Å². The molecule has 2 amide bonds. The highest BCUT2D eigenvalue weighted by Gasteiger charge is 2.29. The van der Waals surface area contributed by atoms with Crippen molar-refractivity contribution in [1.29, 1.82) is 0 Å². The van der Waals surface area contributed by atoms with E-state index in [4.69, 9.17) is 9.47 Å². The van der Waals surface area contributed by atoms with Crippen LogP contribution in [0.1, 0.15) is 12.8 Å². The molecule has 0 spiro atoms. The van der Waals surface area contributed by atoms with Gasteiger partial charge in [0.25, 0.3) is 5.91 Å². The minimum atomic E-state index is -0.279. The summed E-state index contributed by atoms with van der Waals surface area (Å²) in [6, 6.07) is 23.6. The van der Waals surface area contributed by atoms with Gasteiger partial charge in [0.1, 0.15) is 17.2 Å². The Labute approximate surface area is 174 Å². The molecule has 6 heteroatoms. The Morgan fingerprint density at radius 3 is 2.20 bits per heavy atom. The third-order valence-corrected chi connectivity index (χ3v) is 4.54. The largest absolute Gasteiger partial charge is 0.484 e. The van der Waals surface area contributed by atoms with Crippen molar-refractivity contribution in [2.24, 2.45) is 5.92 Å². The van der Waals surface area contributed by atoms with Gasteiger partial charge in [-0.15, -0.1) is 0 Å². The van der Waals surface area contributed by atoms with Crippen molar-refractivity contribution in [3.63, 3.8) is 0 Å². The molecule has 152 valence electrons. The van der Waals surface area contributed by atoms with Crippen LogP contribution in [-0.2, 0) is 9.59 Å². The molecule has 1 aliphatic rings. The number of hydrogen-bond donors (Lipinski definition) is 2. The first-order valence-corrected chi connectivity index (χ1v) is 9.82. The summed E-state index contributed by atoms with van der Waals surface area (Å²) < 4.78 is 11.3. The summed E-state index contributed by atoms with van der Waals surface area (Å²) in [7, 11) is 0. The molecule has 30 heavy (non-hydrogen) atoms. The van der Waals surface area contributed by atoms with Gasteiger partial charge in [0.2, 0.25) is 5.91 Å². The second kappa shape index (κ2) is 9.13. The molecule has 2 N–H and O–H groups in total. The van der Waals surface area contributed by atoms with Crippen LogP contribution in [0.3, 0.4) is 0 Å². The fourth-order valence-corrected chi connectivity index (χ4v) is 2.83. The third kappa shape index (κ3) is 5.61. The number of carbonyl (C=O) groups is 2. The van der Waals surface area contributed by atoms with Crippen molar-refractivity contribution in [3.05, 3.63) is 78.9 Å². The number of carbonyl (C=O) groups excluding carboxylic acids is 2. The van der Waals surface area contributed by atoms with Gasteiger partial charge < -0.3 is 20.1 Å².